The molecule has 0 spiro atoms. The summed E-state index contributed by atoms with van der Waals surface area (Å²) >= 11 is 0. The van der Waals surface area contributed by atoms with Gasteiger partial charge < -0.3 is 5.73 Å². The summed E-state index contributed by atoms with van der Waals surface area (Å²) in [5.41, 5.74) is 5.65. The van der Waals surface area contributed by atoms with E-state index < -0.39 is 0 Å². The lowest BCUT2D eigenvalue weighted by atomic mass is 9.98. The normalized spacial score (nSPS) is 13.5. The maximum atomic E-state index is 11.2. The molecule has 11 heavy (non-hydrogen) atoms. The molecule has 2 nitrogen and oxygen atoms in total. The van der Waals surface area contributed by atoms with Gasteiger partial charge in [-0.3, -0.25) is 4.79 Å². The molecule has 66 valence electrons. The Kier molecular flexibility index (Phi) is 5.12. The van der Waals surface area contributed by atoms with Crippen LogP contribution in [0.3, 0.4) is 0 Å². The van der Waals surface area contributed by atoms with Gasteiger partial charge in [0, 0.05) is 6.42 Å². The van der Waals surface area contributed by atoms with Crippen LogP contribution in [0.4, 0.5) is 0 Å². The maximum Gasteiger partial charge on any atom is 0.149 e. The summed E-state index contributed by atoms with van der Waals surface area (Å²) in [5, 5.41) is 0. The summed E-state index contributed by atoms with van der Waals surface area (Å²) in [4.78, 5) is 11.2. The van der Waals surface area contributed by atoms with Crippen molar-refractivity contribution in [3.05, 3.63) is 0 Å². The molecule has 2 N–H and O–H groups in total. The van der Waals surface area contributed by atoms with Crippen LogP contribution in [-0.2, 0) is 4.79 Å². The number of unbranched alkanes of at least 4 members (excludes halogenated alkanes) is 1. The van der Waals surface area contributed by atoms with E-state index in [0.29, 0.717) is 6.42 Å². The Labute approximate surface area is 69.2 Å². The van der Waals surface area contributed by atoms with E-state index >= 15 is 0 Å². The van der Waals surface area contributed by atoms with Gasteiger partial charge in [-0.15, -0.1) is 0 Å². The molecule has 0 aliphatic rings. The van der Waals surface area contributed by atoms with E-state index in [4.69, 9.17) is 5.73 Å². The number of hydrogen-bond acceptors (Lipinski definition) is 2. The van der Waals surface area contributed by atoms with Crippen molar-refractivity contribution in [2.24, 2.45) is 11.7 Å². The predicted octanol–water partition coefficient (Wildman–Crippen LogP) is 1.73. The minimum absolute atomic E-state index is 0.210. The lowest BCUT2D eigenvalue weighted by Crippen LogP contribution is -2.35. The molecule has 0 aromatic rings. The quantitative estimate of drug-likeness (QED) is 0.660. The Morgan fingerprint density at radius 2 is 2.00 bits per heavy atom. The lowest BCUT2D eigenvalue weighted by Gasteiger charge is -2.13. The van der Waals surface area contributed by atoms with Gasteiger partial charge in [0.2, 0.25) is 0 Å². The molecule has 0 amide bonds. The fraction of sp³-hybridized carbons (Fsp3) is 0.889. The number of hydrogen-bond donors (Lipinski definition) is 1. The largest absolute Gasteiger partial charge is 0.321 e. The van der Waals surface area contributed by atoms with Gasteiger partial charge in [0.1, 0.15) is 5.78 Å². The molecule has 0 aromatic carbocycles. The second-order valence-electron chi connectivity index (χ2n) is 3.34. The third-order valence-electron chi connectivity index (χ3n) is 1.87. The number of carbonyl (C=O) groups is 1. The number of rotatable bonds is 5. The fourth-order valence-electron chi connectivity index (χ4n) is 0.889. The van der Waals surface area contributed by atoms with E-state index in [-0.39, 0.29) is 17.7 Å². The molecule has 0 rings (SSSR count). The maximum absolute atomic E-state index is 11.2. The molecule has 0 heterocycles. The van der Waals surface area contributed by atoms with Crippen LogP contribution in [0.2, 0.25) is 0 Å². The minimum atomic E-state index is -0.249. The topological polar surface area (TPSA) is 43.1 Å². The fourth-order valence-corrected chi connectivity index (χ4v) is 0.889. The van der Waals surface area contributed by atoms with E-state index in [1.807, 2.05) is 13.8 Å². The van der Waals surface area contributed by atoms with E-state index in [9.17, 15) is 4.79 Å². The van der Waals surface area contributed by atoms with Crippen molar-refractivity contribution >= 4 is 5.78 Å². The van der Waals surface area contributed by atoms with Crippen LogP contribution < -0.4 is 5.73 Å². The summed E-state index contributed by atoms with van der Waals surface area (Å²) in [5.74, 6) is 0.487. The van der Waals surface area contributed by atoms with Crippen molar-refractivity contribution in [3.63, 3.8) is 0 Å². The van der Waals surface area contributed by atoms with Gasteiger partial charge in [-0.05, 0) is 12.3 Å². The monoisotopic (exact) mass is 157 g/mol. The van der Waals surface area contributed by atoms with Crippen LogP contribution in [0, 0.1) is 5.92 Å². The number of carbonyl (C=O) groups excluding carboxylic acids is 1. The standard InChI is InChI=1S/C9H19NO/c1-4-5-6-8(11)9(10)7(2)3/h7,9H,4-6,10H2,1-3H3. The molecule has 0 radical (unpaired) electrons. The molecule has 0 aromatic heterocycles. The van der Waals surface area contributed by atoms with Crippen molar-refractivity contribution in [1.29, 1.82) is 0 Å². The van der Waals surface area contributed by atoms with E-state index in [1.165, 1.54) is 0 Å². The molecular weight excluding hydrogens is 138 g/mol. The third kappa shape index (κ3) is 4.14. The first-order chi connectivity index (χ1) is 5.09. The Bertz CT molecular complexity index is 121. The Balaban J connectivity index is 3.64. The van der Waals surface area contributed by atoms with Crippen LogP contribution in [0.5, 0.6) is 0 Å². The van der Waals surface area contributed by atoms with E-state index in [0.717, 1.165) is 12.8 Å². The van der Waals surface area contributed by atoms with Crippen LogP contribution in [-0.4, -0.2) is 11.8 Å². The molecule has 0 saturated carbocycles. The van der Waals surface area contributed by atoms with Crippen molar-refractivity contribution in [1.82, 2.24) is 0 Å². The Morgan fingerprint density at radius 3 is 2.36 bits per heavy atom. The summed E-state index contributed by atoms with van der Waals surface area (Å²) in [6.45, 7) is 6.04. The number of ketones is 1. The molecule has 0 aliphatic carbocycles. The van der Waals surface area contributed by atoms with Crippen LogP contribution in [0.25, 0.3) is 0 Å². The highest BCUT2D eigenvalue weighted by Gasteiger charge is 2.15. The average molecular weight is 157 g/mol. The molecular formula is C9H19NO. The average Bonchev–Trinajstić information content (AvgIpc) is 1.98. The first kappa shape index (κ1) is 10.6. The highest BCUT2D eigenvalue weighted by atomic mass is 16.1. The van der Waals surface area contributed by atoms with Gasteiger partial charge in [0.25, 0.3) is 0 Å². The molecule has 0 fully saturated rings. The van der Waals surface area contributed by atoms with Crippen LogP contribution in [0.1, 0.15) is 40.0 Å². The lowest BCUT2D eigenvalue weighted by molar-refractivity contribution is -0.121. The third-order valence-corrected chi connectivity index (χ3v) is 1.87. The number of nitrogens with two attached hydrogens (primary N) is 1. The van der Waals surface area contributed by atoms with Crippen molar-refractivity contribution in [3.8, 4) is 0 Å². The number of Topliss-reactive ketones (excluding diaryl/α,β-unsaturated/α-hetero) is 1. The van der Waals surface area contributed by atoms with Gasteiger partial charge in [0.15, 0.2) is 0 Å². The SMILES string of the molecule is CCCCC(=O)C(N)C(C)C. The van der Waals surface area contributed by atoms with Crippen LogP contribution in [0.15, 0.2) is 0 Å². The highest BCUT2D eigenvalue weighted by Crippen LogP contribution is 2.04. The summed E-state index contributed by atoms with van der Waals surface area (Å²) < 4.78 is 0. The highest BCUT2D eigenvalue weighted by molar-refractivity contribution is 5.83. The van der Waals surface area contributed by atoms with Gasteiger partial charge >= 0.3 is 0 Å². The first-order valence-corrected chi connectivity index (χ1v) is 4.37. The molecule has 1 atom stereocenters. The van der Waals surface area contributed by atoms with Crippen molar-refractivity contribution in [2.45, 2.75) is 46.1 Å². The Morgan fingerprint density at radius 1 is 1.45 bits per heavy atom. The molecule has 2 heteroatoms. The molecule has 1 unspecified atom stereocenters. The second kappa shape index (κ2) is 5.30. The van der Waals surface area contributed by atoms with Gasteiger partial charge in [-0.1, -0.05) is 27.2 Å². The molecule has 0 bridgehead atoms. The Hall–Kier alpha value is -0.370. The smallest absolute Gasteiger partial charge is 0.149 e. The molecule has 0 saturated heterocycles. The van der Waals surface area contributed by atoms with E-state index in [2.05, 4.69) is 6.92 Å². The van der Waals surface area contributed by atoms with E-state index in [1.54, 1.807) is 0 Å². The zero-order valence-corrected chi connectivity index (χ0v) is 7.76. The zero-order valence-electron chi connectivity index (χ0n) is 7.76. The summed E-state index contributed by atoms with van der Waals surface area (Å²) in [6, 6.07) is -0.249. The second-order valence-corrected chi connectivity index (χ2v) is 3.34. The zero-order chi connectivity index (χ0) is 8.85. The van der Waals surface area contributed by atoms with Crippen molar-refractivity contribution < 1.29 is 4.79 Å². The molecule has 0 aliphatic heterocycles. The van der Waals surface area contributed by atoms with Gasteiger partial charge in [-0.2, -0.15) is 0 Å². The van der Waals surface area contributed by atoms with Crippen molar-refractivity contribution in [2.75, 3.05) is 0 Å². The predicted molar refractivity (Wildman–Crippen MR) is 47.3 cm³/mol. The van der Waals surface area contributed by atoms with Crippen LogP contribution >= 0.6 is 0 Å². The minimum Gasteiger partial charge on any atom is -0.321 e. The summed E-state index contributed by atoms with van der Waals surface area (Å²) in [7, 11) is 0. The first-order valence-electron chi connectivity index (χ1n) is 4.37. The summed E-state index contributed by atoms with van der Waals surface area (Å²) in [6.07, 6.45) is 2.69. The van der Waals surface area contributed by atoms with Gasteiger partial charge in [-0.25, -0.2) is 0 Å². The van der Waals surface area contributed by atoms with Gasteiger partial charge in [0.05, 0.1) is 6.04 Å².